The van der Waals surface area contributed by atoms with Crippen LogP contribution in [0, 0.1) is 5.92 Å². The SMILES string of the molecule is CCn1cc([C@H]2OCC[C@@H]2C(=O)NCc2cc[nH]c(=O)c2)cn1. The highest BCUT2D eigenvalue weighted by Crippen LogP contribution is 2.34. The van der Waals surface area contributed by atoms with Crippen molar-refractivity contribution >= 4 is 5.91 Å². The first-order valence-electron chi connectivity index (χ1n) is 7.76. The standard InChI is InChI=1S/C16H20N4O3/c1-2-20-10-12(9-19-20)15-13(4-6-23-15)16(22)18-8-11-3-5-17-14(21)7-11/h3,5,7,9-10,13,15H,2,4,6,8H2,1H3,(H,17,21)(H,18,22)/t13-,15+/m0/s1. The first-order valence-corrected chi connectivity index (χ1v) is 7.76. The van der Waals surface area contributed by atoms with Gasteiger partial charge in [0.15, 0.2) is 0 Å². The van der Waals surface area contributed by atoms with Crippen molar-refractivity contribution in [3.8, 4) is 0 Å². The molecule has 2 atom stereocenters. The second kappa shape index (κ2) is 6.78. The highest BCUT2D eigenvalue weighted by Gasteiger charge is 2.35. The van der Waals surface area contributed by atoms with Gasteiger partial charge in [-0.25, -0.2) is 0 Å². The molecule has 0 unspecified atom stereocenters. The Morgan fingerprint density at radius 2 is 2.43 bits per heavy atom. The number of H-pyrrole nitrogens is 1. The molecular formula is C16H20N4O3. The lowest BCUT2D eigenvalue weighted by molar-refractivity contribution is -0.126. The fraction of sp³-hybridized carbons (Fsp3) is 0.438. The minimum atomic E-state index is -0.255. The highest BCUT2D eigenvalue weighted by molar-refractivity contribution is 5.79. The summed E-state index contributed by atoms with van der Waals surface area (Å²) in [7, 11) is 0. The lowest BCUT2D eigenvalue weighted by Crippen LogP contribution is -2.32. The van der Waals surface area contributed by atoms with Crippen molar-refractivity contribution in [1.82, 2.24) is 20.1 Å². The zero-order chi connectivity index (χ0) is 16.2. The lowest BCUT2D eigenvalue weighted by Gasteiger charge is -2.17. The van der Waals surface area contributed by atoms with E-state index in [1.54, 1.807) is 18.5 Å². The summed E-state index contributed by atoms with van der Waals surface area (Å²) in [5.74, 6) is -0.288. The molecular weight excluding hydrogens is 296 g/mol. The summed E-state index contributed by atoms with van der Waals surface area (Å²) in [6, 6.07) is 3.25. The largest absolute Gasteiger partial charge is 0.373 e. The molecule has 23 heavy (non-hydrogen) atoms. The third-order valence-corrected chi connectivity index (χ3v) is 4.04. The summed E-state index contributed by atoms with van der Waals surface area (Å²) >= 11 is 0. The number of ether oxygens (including phenoxy) is 1. The predicted octanol–water partition coefficient (Wildman–Crippen LogP) is 0.985. The zero-order valence-electron chi connectivity index (χ0n) is 13.0. The number of pyridine rings is 1. The molecule has 7 heteroatoms. The number of carbonyl (C=O) groups is 1. The van der Waals surface area contributed by atoms with Crippen LogP contribution >= 0.6 is 0 Å². The van der Waals surface area contributed by atoms with Gasteiger partial charge in [-0.2, -0.15) is 5.10 Å². The van der Waals surface area contributed by atoms with Gasteiger partial charge in [0.25, 0.3) is 0 Å². The maximum absolute atomic E-state index is 12.5. The number of carbonyl (C=O) groups excluding carboxylic acids is 1. The molecule has 0 aromatic carbocycles. The van der Waals surface area contributed by atoms with Crippen molar-refractivity contribution in [2.45, 2.75) is 32.5 Å². The molecule has 122 valence electrons. The van der Waals surface area contributed by atoms with Gasteiger partial charge in [-0.1, -0.05) is 0 Å². The summed E-state index contributed by atoms with van der Waals surface area (Å²) in [5, 5.41) is 7.13. The van der Waals surface area contributed by atoms with Crippen molar-refractivity contribution in [3.05, 3.63) is 52.2 Å². The minimum Gasteiger partial charge on any atom is -0.373 e. The molecule has 0 aliphatic carbocycles. The molecule has 7 nitrogen and oxygen atoms in total. The van der Waals surface area contributed by atoms with E-state index < -0.39 is 0 Å². The number of hydrogen-bond acceptors (Lipinski definition) is 4. The van der Waals surface area contributed by atoms with E-state index >= 15 is 0 Å². The van der Waals surface area contributed by atoms with Crippen molar-refractivity contribution in [2.75, 3.05) is 6.61 Å². The van der Waals surface area contributed by atoms with Gasteiger partial charge in [-0.05, 0) is 25.0 Å². The number of rotatable bonds is 5. The van der Waals surface area contributed by atoms with Gasteiger partial charge in [0.1, 0.15) is 0 Å². The van der Waals surface area contributed by atoms with Gasteiger partial charge in [0, 0.05) is 43.7 Å². The Bertz CT molecular complexity index is 737. The summed E-state index contributed by atoms with van der Waals surface area (Å²) in [5.41, 5.74) is 1.53. The molecule has 3 heterocycles. The van der Waals surface area contributed by atoms with Crippen LogP contribution in [0.15, 0.2) is 35.5 Å². The van der Waals surface area contributed by atoms with Gasteiger partial charge in [0.05, 0.1) is 18.2 Å². The van der Waals surface area contributed by atoms with Crippen LogP contribution in [0.4, 0.5) is 0 Å². The quantitative estimate of drug-likeness (QED) is 0.861. The van der Waals surface area contributed by atoms with Gasteiger partial charge < -0.3 is 15.0 Å². The van der Waals surface area contributed by atoms with Crippen LogP contribution in [0.25, 0.3) is 0 Å². The van der Waals surface area contributed by atoms with Crippen LogP contribution in [-0.4, -0.2) is 27.3 Å². The highest BCUT2D eigenvalue weighted by atomic mass is 16.5. The van der Waals surface area contributed by atoms with Crippen molar-refractivity contribution in [1.29, 1.82) is 0 Å². The van der Waals surface area contributed by atoms with Gasteiger partial charge in [0.2, 0.25) is 11.5 Å². The maximum atomic E-state index is 12.5. The molecule has 1 saturated heterocycles. The zero-order valence-corrected chi connectivity index (χ0v) is 13.0. The third-order valence-electron chi connectivity index (χ3n) is 4.04. The Kier molecular flexibility index (Phi) is 4.57. The minimum absolute atomic E-state index is 0.0583. The van der Waals surface area contributed by atoms with E-state index in [4.69, 9.17) is 4.74 Å². The average Bonchev–Trinajstić information content (AvgIpc) is 3.21. The van der Waals surface area contributed by atoms with Crippen LogP contribution in [-0.2, 0) is 22.6 Å². The first kappa shape index (κ1) is 15.5. The Balaban J connectivity index is 1.65. The van der Waals surface area contributed by atoms with Crippen LogP contribution in [0.3, 0.4) is 0 Å². The molecule has 1 fully saturated rings. The van der Waals surface area contributed by atoms with Gasteiger partial charge in [-0.15, -0.1) is 0 Å². The number of nitrogens with one attached hydrogen (secondary N) is 2. The normalized spacial score (nSPS) is 20.6. The van der Waals surface area contributed by atoms with Crippen molar-refractivity contribution in [3.63, 3.8) is 0 Å². The molecule has 2 aromatic heterocycles. The van der Waals surface area contributed by atoms with E-state index in [2.05, 4.69) is 15.4 Å². The molecule has 0 saturated carbocycles. The molecule has 0 spiro atoms. The van der Waals surface area contributed by atoms with E-state index in [0.717, 1.165) is 17.7 Å². The maximum Gasteiger partial charge on any atom is 0.248 e. The predicted molar refractivity (Wildman–Crippen MR) is 83.6 cm³/mol. The molecule has 0 radical (unpaired) electrons. The second-order valence-electron chi connectivity index (χ2n) is 5.59. The molecule has 0 bridgehead atoms. The summed E-state index contributed by atoms with van der Waals surface area (Å²) in [4.78, 5) is 26.3. The Morgan fingerprint density at radius 1 is 1.57 bits per heavy atom. The summed E-state index contributed by atoms with van der Waals surface area (Å²) < 4.78 is 7.55. The third kappa shape index (κ3) is 3.50. The molecule has 2 aromatic rings. The van der Waals surface area contributed by atoms with Gasteiger partial charge in [-0.3, -0.25) is 14.3 Å². The number of aryl methyl sites for hydroxylation is 1. The Labute approximate surface area is 133 Å². The number of hydrogen-bond donors (Lipinski definition) is 2. The first-order chi connectivity index (χ1) is 11.2. The molecule has 3 rings (SSSR count). The van der Waals surface area contributed by atoms with Crippen LogP contribution in [0.2, 0.25) is 0 Å². The van der Waals surface area contributed by atoms with Crippen LogP contribution < -0.4 is 10.9 Å². The number of aromatic nitrogens is 3. The Hall–Kier alpha value is -2.41. The lowest BCUT2D eigenvalue weighted by atomic mass is 9.96. The molecule has 1 aliphatic rings. The molecule has 1 aliphatic heterocycles. The number of nitrogens with zero attached hydrogens (tertiary/aromatic N) is 2. The second-order valence-corrected chi connectivity index (χ2v) is 5.59. The van der Waals surface area contributed by atoms with E-state index in [0.29, 0.717) is 19.6 Å². The van der Waals surface area contributed by atoms with Gasteiger partial charge >= 0.3 is 0 Å². The molecule has 2 N–H and O–H groups in total. The van der Waals surface area contributed by atoms with Crippen molar-refractivity contribution < 1.29 is 9.53 Å². The smallest absolute Gasteiger partial charge is 0.248 e. The monoisotopic (exact) mass is 316 g/mol. The van der Waals surface area contributed by atoms with E-state index in [1.165, 1.54) is 6.07 Å². The fourth-order valence-corrected chi connectivity index (χ4v) is 2.81. The van der Waals surface area contributed by atoms with Crippen LogP contribution in [0.5, 0.6) is 0 Å². The fourth-order valence-electron chi connectivity index (χ4n) is 2.81. The van der Waals surface area contributed by atoms with E-state index in [1.807, 2.05) is 17.8 Å². The summed E-state index contributed by atoms with van der Waals surface area (Å²) in [6.45, 7) is 3.69. The van der Waals surface area contributed by atoms with Crippen LogP contribution in [0.1, 0.15) is 30.6 Å². The van der Waals surface area contributed by atoms with E-state index in [9.17, 15) is 9.59 Å². The summed E-state index contributed by atoms with van der Waals surface area (Å²) in [6.07, 6.45) is 5.69. The average molecular weight is 316 g/mol. The number of amides is 1. The van der Waals surface area contributed by atoms with Crippen molar-refractivity contribution in [2.24, 2.45) is 5.92 Å². The molecule has 1 amide bonds. The topological polar surface area (TPSA) is 89.0 Å². The Morgan fingerprint density at radius 3 is 3.17 bits per heavy atom. The van der Waals surface area contributed by atoms with E-state index in [-0.39, 0.29) is 23.5 Å². The number of aromatic amines is 1.